The van der Waals surface area contributed by atoms with E-state index >= 15 is 0 Å². The molecule has 0 aliphatic rings. The minimum absolute atomic E-state index is 0.0657. The lowest BCUT2D eigenvalue weighted by molar-refractivity contribution is 0.0991. The zero-order valence-corrected chi connectivity index (χ0v) is 13.9. The quantitative estimate of drug-likeness (QED) is 0.730. The number of aromatic nitrogens is 2. The number of nitrogens with zero attached hydrogens (tertiary/aromatic N) is 2. The number of carbonyl (C=O) groups excluding carboxylic acids is 1. The smallest absolute Gasteiger partial charge is 0.168 e. The summed E-state index contributed by atoms with van der Waals surface area (Å²) in [7, 11) is 0. The van der Waals surface area contributed by atoms with Crippen molar-refractivity contribution in [2.45, 2.75) is 26.3 Å². The Morgan fingerprint density at radius 3 is 2.42 bits per heavy atom. The van der Waals surface area contributed by atoms with E-state index in [1.807, 2.05) is 35.1 Å². The average Bonchev–Trinajstić information content (AvgIpc) is 2.76. The highest BCUT2D eigenvalue weighted by molar-refractivity contribution is 9.11. The van der Waals surface area contributed by atoms with E-state index in [0.29, 0.717) is 18.0 Å². The van der Waals surface area contributed by atoms with Crippen LogP contribution < -0.4 is 0 Å². The topological polar surface area (TPSA) is 34.9 Å². The van der Waals surface area contributed by atoms with E-state index in [2.05, 4.69) is 50.8 Å². The van der Waals surface area contributed by atoms with Crippen molar-refractivity contribution in [2.24, 2.45) is 0 Å². The highest BCUT2D eigenvalue weighted by atomic mass is 79.9. The summed E-state index contributed by atoms with van der Waals surface area (Å²) in [6, 6.07) is 7.76. The number of benzene rings is 1. The molecule has 3 nitrogen and oxygen atoms in total. The van der Waals surface area contributed by atoms with E-state index in [0.717, 1.165) is 14.6 Å². The predicted molar refractivity (Wildman–Crippen MR) is 82.5 cm³/mol. The molecule has 1 aromatic heterocycles. The van der Waals surface area contributed by atoms with E-state index in [4.69, 9.17) is 0 Å². The highest BCUT2D eigenvalue weighted by Gasteiger charge is 2.11. The molecule has 1 aromatic carbocycles. The number of carbonyl (C=O) groups is 1. The van der Waals surface area contributed by atoms with Crippen LogP contribution in [0.15, 0.2) is 39.4 Å². The summed E-state index contributed by atoms with van der Waals surface area (Å²) < 4.78 is 3.63. The highest BCUT2D eigenvalue weighted by Crippen LogP contribution is 2.21. The normalized spacial score (nSPS) is 11.0. The van der Waals surface area contributed by atoms with E-state index in [-0.39, 0.29) is 5.78 Å². The van der Waals surface area contributed by atoms with Gasteiger partial charge in [0.1, 0.15) is 0 Å². The molecule has 0 aliphatic heterocycles. The minimum Gasteiger partial charge on any atom is -0.294 e. The van der Waals surface area contributed by atoms with Crippen molar-refractivity contribution in [2.75, 3.05) is 0 Å². The molecule has 0 atom stereocenters. The molecule has 0 saturated heterocycles. The maximum Gasteiger partial charge on any atom is 0.168 e. The Labute approximate surface area is 129 Å². The first kappa shape index (κ1) is 14.5. The van der Waals surface area contributed by atoms with Gasteiger partial charge in [-0.05, 0) is 38.1 Å². The second kappa shape index (κ2) is 6.01. The molecule has 0 radical (unpaired) electrons. The van der Waals surface area contributed by atoms with Gasteiger partial charge in [0.2, 0.25) is 0 Å². The Kier molecular flexibility index (Phi) is 4.58. The van der Waals surface area contributed by atoms with Crippen LogP contribution >= 0.6 is 31.9 Å². The van der Waals surface area contributed by atoms with Gasteiger partial charge in [0.05, 0.1) is 12.1 Å². The van der Waals surface area contributed by atoms with Crippen molar-refractivity contribution < 1.29 is 4.79 Å². The van der Waals surface area contributed by atoms with E-state index < -0.39 is 0 Å². The number of Topliss-reactive ketones (excluding diaryl/α,β-unsaturated/α-hetero) is 1. The molecule has 5 heteroatoms. The van der Waals surface area contributed by atoms with Crippen molar-refractivity contribution in [3.63, 3.8) is 0 Å². The molecule has 19 heavy (non-hydrogen) atoms. The Hall–Kier alpha value is -0.940. The number of halogens is 2. The largest absolute Gasteiger partial charge is 0.294 e. The number of hydrogen-bond acceptors (Lipinski definition) is 2. The summed E-state index contributed by atoms with van der Waals surface area (Å²) in [6.45, 7) is 4.12. The molecule has 0 fully saturated rings. The Bertz CT molecular complexity index is 585. The number of ketones is 1. The fourth-order valence-corrected chi connectivity index (χ4v) is 3.03. The molecule has 0 saturated carbocycles. The van der Waals surface area contributed by atoms with Crippen LogP contribution in [0.5, 0.6) is 0 Å². The second-order valence-corrected chi connectivity index (χ2v) is 6.47. The first-order chi connectivity index (χ1) is 8.95. The molecule has 0 bridgehead atoms. The van der Waals surface area contributed by atoms with Crippen LogP contribution in [0.3, 0.4) is 0 Å². The molecule has 100 valence electrons. The maximum absolute atomic E-state index is 12.2. The lowest BCUT2D eigenvalue weighted by Crippen LogP contribution is -2.06. The summed E-state index contributed by atoms with van der Waals surface area (Å²) >= 11 is 6.78. The summed E-state index contributed by atoms with van der Waals surface area (Å²) in [5.41, 5.74) is 1.48. The van der Waals surface area contributed by atoms with E-state index in [1.165, 1.54) is 0 Å². The predicted octanol–water partition coefficient (Wildman–Crippen LogP) is 4.41. The van der Waals surface area contributed by atoms with Gasteiger partial charge in [-0.25, -0.2) is 0 Å². The fourth-order valence-electron chi connectivity index (χ4n) is 1.74. The third kappa shape index (κ3) is 3.76. The molecule has 0 aliphatic carbocycles. The fraction of sp³-hybridized carbons (Fsp3) is 0.286. The molecule has 2 rings (SSSR count). The number of hydrogen-bond donors (Lipinski definition) is 0. The summed E-state index contributed by atoms with van der Waals surface area (Å²) in [6.07, 6.45) is 2.23. The Balaban J connectivity index is 2.15. The lowest BCUT2D eigenvalue weighted by Gasteiger charge is -2.04. The summed E-state index contributed by atoms with van der Waals surface area (Å²) in [5.74, 6) is 0.0657. The van der Waals surface area contributed by atoms with Crippen LogP contribution in [0.4, 0.5) is 0 Å². The van der Waals surface area contributed by atoms with Crippen molar-refractivity contribution in [3.8, 4) is 0 Å². The Morgan fingerprint density at radius 1 is 1.26 bits per heavy atom. The Morgan fingerprint density at radius 2 is 1.89 bits per heavy atom. The zero-order chi connectivity index (χ0) is 14.0. The van der Waals surface area contributed by atoms with Crippen LogP contribution in [-0.4, -0.2) is 15.6 Å². The van der Waals surface area contributed by atoms with Gasteiger partial charge in [-0.15, -0.1) is 0 Å². The third-order valence-electron chi connectivity index (χ3n) is 2.72. The zero-order valence-electron chi connectivity index (χ0n) is 10.7. The van der Waals surface area contributed by atoms with Gasteiger partial charge in [0.25, 0.3) is 0 Å². The van der Waals surface area contributed by atoms with Crippen molar-refractivity contribution in [1.29, 1.82) is 0 Å². The van der Waals surface area contributed by atoms with Gasteiger partial charge in [0.15, 0.2) is 5.78 Å². The minimum atomic E-state index is 0.0657. The second-order valence-electron chi connectivity index (χ2n) is 4.64. The lowest BCUT2D eigenvalue weighted by atomic mass is 10.1. The average molecular weight is 386 g/mol. The summed E-state index contributed by atoms with van der Waals surface area (Å²) in [4.78, 5) is 12.2. The standard InChI is InChI=1S/C14H14Br2N2O/c1-9(2)18-4-3-13(17-18)8-14(19)10-5-11(15)7-12(16)6-10/h3-7,9H,8H2,1-2H3. The van der Waals surface area contributed by atoms with Gasteiger partial charge in [-0.1, -0.05) is 31.9 Å². The molecular formula is C14H14Br2N2O. The maximum atomic E-state index is 12.2. The van der Waals surface area contributed by atoms with Crippen LogP contribution in [-0.2, 0) is 6.42 Å². The monoisotopic (exact) mass is 384 g/mol. The van der Waals surface area contributed by atoms with Gasteiger partial charge in [0, 0.05) is 26.7 Å². The van der Waals surface area contributed by atoms with E-state index in [1.54, 1.807) is 0 Å². The SMILES string of the molecule is CC(C)n1ccc(CC(=O)c2cc(Br)cc(Br)c2)n1. The molecule has 0 amide bonds. The van der Waals surface area contributed by atoms with Crippen molar-refractivity contribution >= 4 is 37.6 Å². The first-order valence-corrected chi connectivity index (χ1v) is 7.57. The van der Waals surface area contributed by atoms with Gasteiger partial charge >= 0.3 is 0 Å². The molecule has 0 N–H and O–H groups in total. The van der Waals surface area contributed by atoms with E-state index in [9.17, 15) is 4.79 Å². The molecule has 0 spiro atoms. The van der Waals surface area contributed by atoms with Crippen LogP contribution in [0.1, 0.15) is 35.9 Å². The van der Waals surface area contributed by atoms with Gasteiger partial charge in [-0.3, -0.25) is 9.48 Å². The summed E-state index contributed by atoms with van der Waals surface area (Å²) in [5, 5.41) is 4.39. The van der Waals surface area contributed by atoms with Crippen LogP contribution in [0.2, 0.25) is 0 Å². The van der Waals surface area contributed by atoms with Gasteiger partial charge < -0.3 is 0 Å². The molecule has 1 heterocycles. The van der Waals surface area contributed by atoms with Crippen LogP contribution in [0.25, 0.3) is 0 Å². The molecular weight excluding hydrogens is 372 g/mol. The van der Waals surface area contributed by atoms with Crippen molar-refractivity contribution in [3.05, 3.63) is 50.7 Å². The van der Waals surface area contributed by atoms with Crippen molar-refractivity contribution in [1.82, 2.24) is 9.78 Å². The van der Waals surface area contributed by atoms with Crippen LogP contribution in [0, 0.1) is 0 Å². The number of rotatable bonds is 4. The molecule has 0 unspecified atom stereocenters. The third-order valence-corrected chi connectivity index (χ3v) is 3.63. The first-order valence-electron chi connectivity index (χ1n) is 5.99. The molecule has 2 aromatic rings. The van der Waals surface area contributed by atoms with Gasteiger partial charge in [-0.2, -0.15) is 5.10 Å².